The van der Waals surface area contributed by atoms with E-state index in [1.54, 1.807) is 14.2 Å². The summed E-state index contributed by atoms with van der Waals surface area (Å²) in [5.74, 6) is 1.01. The van der Waals surface area contributed by atoms with E-state index in [0.717, 1.165) is 5.56 Å². The Morgan fingerprint density at radius 2 is 2.09 bits per heavy atom. The molecule has 130 valence electrons. The fraction of sp³-hybridized carbons (Fsp3) is 0.562. The van der Waals surface area contributed by atoms with Crippen LogP contribution in [0.15, 0.2) is 18.2 Å². The van der Waals surface area contributed by atoms with Gasteiger partial charge in [0, 0.05) is 24.1 Å². The maximum absolute atomic E-state index is 12.2. The molecular weight excluding hydrogens is 320 g/mol. The summed E-state index contributed by atoms with van der Waals surface area (Å²) in [5.41, 5.74) is 6.61. The molecule has 0 saturated heterocycles. The topological polar surface area (TPSA) is 93.8 Å². The molecule has 23 heavy (non-hydrogen) atoms. The number of nitrogens with two attached hydrogens (primary N) is 1. The zero-order valence-corrected chi connectivity index (χ0v) is 14.3. The van der Waals surface area contributed by atoms with E-state index in [-0.39, 0.29) is 30.3 Å². The van der Waals surface area contributed by atoms with Gasteiger partial charge in [-0.15, -0.1) is 12.4 Å². The number of nitrogens with one attached hydrogen (secondary N) is 1. The van der Waals surface area contributed by atoms with Gasteiger partial charge >= 0.3 is 0 Å². The van der Waals surface area contributed by atoms with Gasteiger partial charge in [-0.25, -0.2) is 0 Å². The molecule has 2 rings (SSSR count). The van der Waals surface area contributed by atoms with Gasteiger partial charge in [0.2, 0.25) is 5.91 Å². The molecule has 1 amide bonds. The predicted molar refractivity (Wildman–Crippen MR) is 90.0 cm³/mol. The van der Waals surface area contributed by atoms with Crippen molar-refractivity contribution in [1.82, 2.24) is 5.32 Å². The molecule has 6 nitrogen and oxygen atoms in total. The van der Waals surface area contributed by atoms with Gasteiger partial charge in [-0.1, -0.05) is 12.1 Å². The van der Waals surface area contributed by atoms with Crippen molar-refractivity contribution in [2.75, 3.05) is 14.2 Å². The van der Waals surface area contributed by atoms with Gasteiger partial charge < -0.3 is 25.6 Å². The highest BCUT2D eigenvalue weighted by atomic mass is 35.5. The van der Waals surface area contributed by atoms with Gasteiger partial charge in [0.25, 0.3) is 0 Å². The largest absolute Gasteiger partial charge is 0.493 e. The van der Waals surface area contributed by atoms with Gasteiger partial charge in [-0.05, 0) is 25.3 Å². The molecule has 0 aromatic heterocycles. The van der Waals surface area contributed by atoms with Crippen LogP contribution in [0.5, 0.6) is 11.5 Å². The van der Waals surface area contributed by atoms with Crippen molar-refractivity contribution in [3.8, 4) is 11.5 Å². The van der Waals surface area contributed by atoms with E-state index < -0.39 is 6.10 Å². The van der Waals surface area contributed by atoms with Gasteiger partial charge in [0.05, 0.1) is 20.3 Å². The van der Waals surface area contributed by atoms with Crippen LogP contribution in [0.1, 0.15) is 24.8 Å². The van der Waals surface area contributed by atoms with Crippen molar-refractivity contribution in [1.29, 1.82) is 0 Å². The van der Waals surface area contributed by atoms with Crippen LogP contribution in [0.25, 0.3) is 0 Å². The second-order valence-corrected chi connectivity index (χ2v) is 5.61. The Labute approximate surface area is 142 Å². The minimum atomic E-state index is -0.601. The maximum Gasteiger partial charge on any atom is 0.223 e. The van der Waals surface area contributed by atoms with E-state index in [1.165, 1.54) is 0 Å². The van der Waals surface area contributed by atoms with Crippen LogP contribution < -0.4 is 20.5 Å². The molecule has 0 spiro atoms. The highest BCUT2D eigenvalue weighted by Gasteiger charge is 2.30. The summed E-state index contributed by atoms with van der Waals surface area (Å²) in [5, 5.41) is 12.7. The minimum Gasteiger partial charge on any atom is -0.493 e. The maximum atomic E-state index is 12.2. The van der Waals surface area contributed by atoms with E-state index in [9.17, 15) is 9.90 Å². The minimum absolute atomic E-state index is 0. The number of aliphatic hydroxyl groups is 1. The monoisotopic (exact) mass is 344 g/mol. The summed E-state index contributed by atoms with van der Waals surface area (Å²) in [6.45, 7) is 0.359. The molecule has 4 N–H and O–H groups in total. The molecule has 1 aromatic rings. The number of methoxy groups -OCH3 is 2. The van der Waals surface area contributed by atoms with Crippen molar-refractivity contribution in [3.63, 3.8) is 0 Å². The number of benzene rings is 1. The lowest BCUT2D eigenvalue weighted by Crippen LogP contribution is -2.44. The second kappa shape index (κ2) is 8.96. The summed E-state index contributed by atoms with van der Waals surface area (Å²) < 4.78 is 10.6. The smallest absolute Gasteiger partial charge is 0.223 e. The summed E-state index contributed by atoms with van der Waals surface area (Å²) in [4.78, 5) is 12.2. The molecule has 0 unspecified atom stereocenters. The number of hydrogen-bond acceptors (Lipinski definition) is 5. The average Bonchev–Trinajstić information content (AvgIpc) is 2.54. The SMILES string of the molecule is COc1cccc(CNC(=O)[C@H]2CC[C@H](N)[C@@H](O)C2)c1OC.Cl. The lowest BCUT2D eigenvalue weighted by atomic mass is 9.84. The molecule has 1 saturated carbocycles. The standard InChI is InChI=1S/C16H24N2O4.ClH/c1-21-14-5-3-4-11(15(14)22-2)9-18-16(20)10-6-7-12(17)13(19)8-10;/h3-5,10,12-13,19H,6-9,17H2,1-2H3,(H,18,20);1H/t10-,12-,13-;/m0./s1. The van der Waals surface area contributed by atoms with Crippen molar-refractivity contribution < 1.29 is 19.4 Å². The molecule has 0 aliphatic heterocycles. The highest BCUT2D eigenvalue weighted by molar-refractivity contribution is 5.85. The normalized spacial score (nSPS) is 23.6. The van der Waals surface area contributed by atoms with E-state index in [1.807, 2.05) is 18.2 Å². The lowest BCUT2D eigenvalue weighted by molar-refractivity contribution is -0.127. The van der Waals surface area contributed by atoms with E-state index in [0.29, 0.717) is 37.3 Å². The number of para-hydroxylation sites is 1. The number of rotatable bonds is 5. The van der Waals surface area contributed by atoms with E-state index in [2.05, 4.69) is 5.32 Å². The summed E-state index contributed by atoms with van der Waals surface area (Å²) in [7, 11) is 3.15. The van der Waals surface area contributed by atoms with Gasteiger partial charge in [-0.2, -0.15) is 0 Å². The lowest BCUT2D eigenvalue weighted by Gasteiger charge is -2.30. The molecular formula is C16H25ClN2O4. The van der Waals surface area contributed by atoms with Crippen molar-refractivity contribution in [3.05, 3.63) is 23.8 Å². The number of carbonyl (C=O) groups excluding carboxylic acids is 1. The van der Waals surface area contributed by atoms with Gasteiger partial charge in [0.1, 0.15) is 0 Å². The fourth-order valence-electron chi connectivity index (χ4n) is 2.83. The number of halogens is 1. The van der Waals surface area contributed by atoms with Crippen LogP contribution in [0.2, 0.25) is 0 Å². The second-order valence-electron chi connectivity index (χ2n) is 5.61. The van der Waals surface area contributed by atoms with E-state index >= 15 is 0 Å². The first-order valence-corrected chi connectivity index (χ1v) is 7.48. The van der Waals surface area contributed by atoms with Crippen LogP contribution in [0.3, 0.4) is 0 Å². The average molecular weight is 345 g/mol. The number of aliphatic hydroxyl groups excluding tert-OH is 1. The summed E-state index contributed by atoms with van der Waals surface area (Å²) in [6.07, 6.45) is 1.19. The Balaban J connectivity index is 0.00000264. The first kappa shape index (κ1) is 19.5. The third-order valence-electron chi connectivity index (χ3n) is 4.18. The fourth-order valence-corrected chi connectivity index (χ4v) is 2.83. The number of amides is 1. The molecule has 7 heteroatoms. The van der Waals surface area contributed by atoms with Gasteiger partial charge in [0.15, 0.2) is 11.5 Å². The number of carbonyl (C=O) groups is 1. The number of ether oxygens (including phenoxy) is 2. The Kier molecular flexibility index (Phi) is 7.61. The Hall–Kier alpha value is -1.50. The zero-order chi connectivity index (χ0) is 16.1. The molecule has 0 radical (unpaired) electrons. The zero-order valence-electron chi connectivity index (χ0n) is 13.5. The first-order chi connectivity index (χ1) is 10.6. The van der Waals surface area contributed by atoms with Crippen LogP contribution in [-0.2, 0) is 11.3 Å². The van der Waals surface area contributed by atoms with E-state index in [4.69, 9.17) is 15.2 Å². The summed E-state index contributed by atoms with van der Waals surface area (Å²) >= 11 is 0. The number of hydrogen-bond donors (Lipinski definition) is 3. The highest BCUT2D eigenvalue weighted by Crippen LogP contribution is 2.30. The van der Waals surface area contributed by atoms with Crippen molar-refractivity contribution >= 4 is 18.3 Å². The molecule has 0 bridgehead atoms. The van der Waals surface area contributed by atoms with Gasteiger partial charge in [-0.3, -0.25) is 4.79 Å². The van der Waals surface area contributed by atoms with Crippen LogP contribution in [0.4, 0.5) is 0 Å². The van der Waals surface area contributed by atoms with Crippen molar-refractivity contribution in [2.45, 2.75) is 38.0 Å². The third-order valence-corrected chi connectivity index (χ3v) is 4.18. The Morgan fingerprint density at radius 3 is 2.70 bits per heavy atom. The Morgan fingerprint density at radius 1 is 1.35 bits per heavy atom. The molecule has 0 heterocycles. The van der Waals surface area contributed by atoms with Crippen LogP contribution >= 0.6 is 12.4 Å². The summed E-state index contributed by atoms with van der Waals surface area (Å²) in [6, 6.07) is 5.32. The van der Waals surface area contributed by atoms with Crippen LogP contribution in [-0.4, -0.2) is 37.4 Å². The molecule has 1 aliphatic rings. The van der Waals surface area contributed by atoms with Crippen molar-refractivity contribution in [2.24, 2.45) is 11.7 Å². The molecule has 1 aromatic carbocycles. The molecule has 3 atom stereocenters. The Bertz CT molecular complexity index is 527. The quantitative estimate of drug-likeness (QED) is 0.747. The third kappa shape index (κ3) is 4.73. The first-order valence-electron chi connectivity index (χ1n) is 7.48. The van der Waals surface area contributed by atoms with Crippen LogP contribution in [0, 0.1) is 5.92 Å². The predicted octanol–water partition coefficient (Wildman–Crippen LogP) is 1.23. The molecule has 1 aliphatic carbocycles. The molecule has 1 fully saturated rings.